The SMILES string of the molecule is Brc1cc(Br)cc(-c2cc(-c3cc(Br)cc(Br)c3)cc(-c3cccc(-c4cc(-c5cc(Br)cc(Br)c5)cc(-c5cc(Br)cc(Br)c5)c4)c3)c2)c1. The fourth-order valence-electron chi connectivity index (χ4n) is 6.02. The zero-order chi connectivity index (χ0) is 35.1. The number of hydrogen-bond acceptors (Lipinski definition) is 0. The van der Waals surface area contributed by atoms with E-state index in [1.807, 2.05) is 0 Å². The van der Waals surface area contributed by atoms with E-state index in [-0.39, 0.29) is 0 Å². The quantitative estimate of drug-likeness (QED) is 0.156. The second-order valence-electron chi connectivity index (χ2n) is 11.8. The highest BCUT2D eigenvalue weighted by molar-refractivity contribution is 9.12. The van der Waals surface area contributed by atoms with Crippen LogP contribution in [0.3, 0.4) is 0 Å². The monoisotopic (exact) mass is 1160 g/mol. The summed E-state index contributed by atoms with van der Waals surface area (Å²) in [6.45, 7) is 0. The molecule has 0 fully saturated rings. The second kappa shape index (κ2) is 15.8. The van der Waals surface area contributed by atoms with Crippen LogP contribution in [0.1, 0.15) is 0 Å². The molecule has 0 amide bonds. The lowest BCUT2D eigenvalue weighted by molar-refractivity contribution is 1.52. The van der Waals surface area contributed by atoms with Crippen molar-refractivity contribution in [1.82, 2.24) is 0 Å². The van der Waals surface area contributed by atoms with Crippen LogP contribution < -0.4 is 0 Å². The molecule has 0 spiro atoms. The zero-order valence-electron chi connectivity index (χ0n) is 25.7. The highest BCUT2D eigenvalue weighted by Crippen LogP contribution is 2.40. The van der Waals surface area contributed by atoms with Gasteiger partial charge in [0.05, 0.1) is 0 Å². The first-order chi connectivity index (χ1) is 23.9. The first-order valence-electron chi connectivity index (χ1n) is 15.2. The van der Waals surface area contributed by atoms with Crippen molar-refractivity contribution in [2.45, 2.75) is 0 Å². The minimum atomic E-state index is 1.02. The van der Waals surface area contributed by atoms with E-state index in [0.717, 1.165) is 103 Å². The van der Waals surface area contributed by atoms with Crippen molar-refractivity contribution in [3.63, 3.8) is 0 Å². The minimum Gasteiger partial charge on any atom is -0.0610 e. The number of rotatable bonds is 6. The van der Waals surface area contributed by atoms with Gasteiger partial charge in [-0.2, -0.15) is 0 Å². The Hall–Kier alpha value is -1.62. The Morgan fingerprint density at radius 2 is 0.340 bits per heavy atom. The highest BCUT2D eigenvalue weighted by atomic mass is 79.9. The average Bonchev–Trinajstić information content (AvgIpc) is 3.06. The fraction of sp³-hybridized carbons (Fsp3) is 0. The predicted octanol–water partition coefficient (Wildman–Crippen LogP) is 17.8. The van der Waals surface area contributed by atoms with Gasteiger partial charge in [-0.3, -0.25) is 0 Å². The Kier molecular flexibility index (Phi) is 11.6. The summed E-state index contributed by atoms with van der Waals surface area (Å²) in [5.74, 6) is 0. The third kappa shape index (κ3) is 8.77. The maximum absolute atomic E-state index is 3.70. The van der Waals surface area contributed by atoms with Crippen molar-refractivity contribution in [2.75, 3.05) is 0 Å². The van der Waals surface area contributed by atoms with Crippen LogP contribution in [-0.2, 0) is 0 Å². The van der Waals surface area contributed by atoms with Crippen molar-refractivity contribution < 1.29 is 0 Å². The van der Waals surface area contributed by atoms with E-state index < -0.39 is 0 Å². The summed E-state index contributed by atoms with van der Waals surface area (Å²) < 4.78 is 8.16. The van der Waals surface area contributed by atoms with Crippen molar-refractivity contribution in [3.05, 3.63) is 169 Å². The standard InChI is InChI=1S/C42H22Br8/c43-35-11-31(12-36(44)19-35)27-5-25(6-28(9-27)32-13-37(45)20-38(46)14-32)23-2-1-3-24(4-23)26-7-29(33-15-39(47)21-40(48)16-33)10-30(8-26)34-17-41(49)22-42(50)18-34/h1-22H. The molecule has 0 aliphatic carbocycles. The molecule has 0 radical (unpaired) electrons. The topological polar surface area (TPSA) is 0 Å². The predicted molar refractivity (Wildman–Crippen MR) is 241 cm³/mol. The minimum absolute atomic E-state index is 1.02. The molecule has 0 saturated carbocycles. The van der Waals surface area contributed by atoms with Crippen LogP contribution in [0.25, 0.3) is 66.8 Å². The van der Waals surface area contributed by atoms with Gasteiger partial charge in [0.2, 0.25) is 0 Å². The second-order valence-corrected chi connectivity index (χ2v) is 19.1. The Bertz CT molecular complexity index is 2050. The molecule has 0 bridgehead atoms. The molecule has 7 aromatic rings. The largest absolute Gasteiger partial charge is 0.0610 e. The molecule has 246 valence electrons. The maximum atomic E-state index is 3.70. The summed E-state index contributed by atoms with van der Waals surface area (Å²) in [4.78, 5) is 0. The average molecular weight is 1170 g/mol. The van der Waals surface area contributed by atoms with Crippen LogP contribution in [0, 0.1) is 0 Å². The molecule has 0 heterocycles. The molecule has 0 aliphatic heterocycles. The van der Waals surface area contributed by atoms with Gasteiger partial charge in [-0.05, 0) is 182 Å². The van der Waals surface area contributed by atoms with Gasteiger partial charge < -0.3 is 0 Å². The molecular weight excluding hydrogens is 1140 g/mol. The number of halogens is 8. The first kappa shape index (κ1) is 36.7. The molecule has 0 saturated heterocycles. The molecule has 0 atom stereocenters. The van der Waals surface area contributed by atoms with Gasteiger partial charge in [0.25, 0.3) is 0 Å². The molecule has 0 aromatic heterocycles. The van der Waals surface area contributed by atoms with E-state index in [1.54, 1.807) is 0 Å². The van der Waals surface area contributed by atoms with Crippen LogP contribution in [-0.4, -0.2) is 0 Å². The van der Waals surface area contributed by atoms with E-state index >= 15 is 0 Å². The van der Waals surface area contributed by atoms with Crippen molar-refractivity contribution in [2.24, 2.45) is 0 Å². The molecule has 7 rings (SSSR count). The normalized spacial score (nSPS) is 11.2. The van der Waals surface area contributed by atoms with Gasteiger partial charge in [-0.1, -0.05) is 146 Å². The lowest BCUT2D eigenvalue weighted by Gasteiger charge is -2.15. The molecule has 8 heteroatoms. The molecule has 0 aliphatic rings. The van der Waals surface area contributed by atoms with Crippen LogP contribution in [0.4, 0.5) is 0 Å². The summed E-state index contributed by atoms with van der Waals surface area (Å²) in [5.41, 5.74) is 13.5. The van der Waals surface area contributed by atoms with E-state index in [4.69, 9.17) is 0 Å². The number of benzene rings is 7. The fourth-order valence-corrected chi connectivity index (χ4v) is 11.2. The van der Waals surface area contributed by atoms with E-state index in [1.165, 1.54) is 0 Å². The molecule has 0 nitrogen and oxygen atoms in total. The van der Waals surface area contributed by atoms with Crippen molar-refractivity contribution >= 4 is 127 Å². The van der Waals surface area contributed by atoms with Crippen molar-refractivity contribution in [3.8, 4) is 66.8 Å². The van der Waals surface area contributed by atoms with Gasteiger partial charge in [0.15, 0.2) is 0 Å². The molecule has 50 heavy (non-hydrogen) atoms. The Morgan fingerprint density at radius 1 is 0.180 bits per heavy atom. The summed E-state index contributed by atoms with van der Waals surface area (Å²) >= 11 is 29.6. The van der Waals surface area contributed by atoms with Crippen LogP contribution in [0.15, 0.2) is 169 Å². The third-order valence-electron chi connectivity index (χ3n) is 8.18. The van der Waals surface area contributed by atoms with Crippen LogP contribution in [0.5, 0.6) is 0 Å². The lowest BCUT2D eigenvalue weighted by atomic mass is 9.90. The van der Waals surface area contributed by atoms with Gasteiger partial charge in [-0.15, -0.1) is 0 Å². The Labute approximate surface area is 359 Å². The van der Waals surface area contributed by atoms with Gasteiger partial charge >= 0.3 is 0 Å². The molecule has 7 aromatic carbocycles. The molecular formula is C42H22Br8. The maximum Gasteiger partial charge on any atom is 0.0192 e. The van der Waals surface area contributed by atoms with E-state index in [2.05, 4.69) is 261 Å². The smallest absolute Gasteiger partial charge is 0.0192 e. The summed E-state index contributed by atoms with van der Waals surface area (Å²) in [6.07, 6.45) is 0. The highest BCUT2D eigenvalue weighted by Gasteiger charge is 2.13. The van der Waals surface area contributed by atoms with E-state index in [9.17, 15) is 0 Å². The Balaban J connectivity index is 1.41. The van der Waals surface area contributed by atoms with Gasteiger partial charge in [-0.25, -0.2) is 0 Å². The summed E-state index contributed by atoms with van der Waals surface area (Å²) in [6, 6.07) is 48.0. The lowest BCUT2D eigenvalue weighted by Crippen LogP contribution is -1.89. The summed E-state index contributed by atoms with van der Waals surface area (Å²) in [5, 5.41) is 0. The van der Waals surface area contributed by atoms with Crippen LogP contribution in [0.2, 0.25) is 0 Å². The third-order valence-corrected chi connectivity index (χ3v) is 11.8. The molecule has 0 N–H and O–H groups in total. The van der Waals surface area contributed by atoms with E-state index in [0.29, 0.717) is 0 Å². The van der Waals surface area contributed by atoms with Gasteiger partial charge in [0.1, 0.15) is 0 Å². The molecule has 0 unspecified atom stereocenters. The number of hydrogen-bond donors (Lipinski definition) is 0. The van der Waals surface area contributed by atoms with Crippen molar-refractivity contribution in [1.29, 1.82) is 0 Å². The van der Waals surface area contributed by atoms with Gasteiger partial charge in [0, 0.05) is 35.8 Å². The summed E-state index contributed by atoms with van der Waals surface area (Å²) in [7, 11) is 0. The van der Waals surface area contributed by atoms with Crippen LogP contribution >= 0.6 is 127 Å². The Morgan fingerprint density at radius 3 is 0.560 bits per heavy atom. The zero-order valence-corrected chi connectivity index (χ0v) is 38.4. The first-order valence-corrected chi connectivity index (χ1v) is 21.6.